The van der Waals surface area contributed by atoms with E-state index in [9.17, 15) is 4.79 Å². The molecule has 3 heterocycles. The molecule has 2 fully saturated rings. The van der Waals surface area contributed by atoms with Crippen LogP contribution in [-0.2, 0) is 20.7 Å². The highest BCUT2D eigenvalue weighted by molar-refractivity contribution is 5.76. The highest BCUT2D eigenvalue weighted by atomic mass is 16.5. The first-order chi connectivity index (χ1) is 10.7. The van der Waals surface area contributed by atoms with Gasteiger partial charge in [0.15, 0.2) is 0 Å². The molecule has 0 spiro atoms. The summed E-state index contributed by atoms with van der Waals surface area (Å²) >= 11 is 0. The molecule has 2 aliphatic rings. The first-order valence-electron chi connectivity index (χ1n) is 8.24. The molecule has 0 bridgehead atoms. The Hall–Kier alpha value is -1.33. The van der Waals surface area contributed by atoms with Gasteiger partial charge in [0.2, 0.25) is 5.91 Å². The largest absolute Gasteiger partial charge is 0.384 e. The number of rotatable bonds is 5. The van der Waals surface area contributed by atoms with E-state index in [1.807, 2.05) is 23.2 Å². The molecule has 5 nitrogen and oxygen atoms in total. The zero-order valence-corrected chi connectivity index (χ0v) is 13.3. The lowest BCUT2D eigenvalue weighted by atomic mass is 9.73. The van der Waals surface area contributed by atoms with Crippen molar-refractivity contribution in [2.24, 2.45) is 5.41 Å². The number of hydrogen-bond acceptors (Lipinski definition) is 3. The van der Waals surface area contributed by atoms with Gasteiger partial charge < -0.3 is 19.4 Å². The van der Waals surface area contributed by atoms with Gasteiger partial charge in [0.1, 0.15) is 0 Å². The van der Waals surface area contributed by atoms with Crippen LogP contribution in [0.4, 0.5) is 0 Å². The molecule has 0 aromatic carbocycles. The maximum absolute atomic E-state index is 12.5. The topological polar surface area (TPSA) is 54.6 Å². The van der Waals surface area contributed by atoms with Crippen LogP contribution in [0.25, 0.3) is 0 Å². The van der Waals surface area contributed by atoms with Crippen LogP contribution in [0.2, 0.25) is 0 Å². The number of aromatic amines is 1. The van der Waals surface area contributed by atoms with Crippen LogP contribution in [0, 0.1) is 5.41 Å². The van der Waals surface area contributed by atoms with Crippen molar-refractivity contribution in [2.75, 3.05) is 33.4 Å². The lowest BCUT2D eigenvalue weighted by Gasteiger charge is -2.50. The average molecular weight is 306 g/mol. The van der Waals surface area contributed by atoms with Gasteiger partial charge in [0, 0.05) is 50.5 Å². The molecule has 1 N–H and O–H groups in total. The number of aryl methyl sites for hydroxylation is 1. The van der Waals surface area contributed by atoms with E-state index in [0.717, 1.165) is 51.1 Å². The number of amides is 1. The Bertz CT molecular complexity index is 484. The number of carbonyl (C=O) groups excluding carboxylic acids is 1. The summed E-state index contributed by atoms with van der Waals surface area (Å²) in [6.45, 7) is 3.10. The lowest BCUT2D eigenvalue weighted by molar-refractivity contribution is -0.162. The van der Waals surface area contributed by atoms with Crippen molar-refractivity contribution in [2.45, 2.75) is 38.2 Å². The molecular formula is C17H26N2O3. The Morgan fingerprint density at radius 2 is 2.50 bits per heavy atom. The number of nitrogens with zero attached hydrogens (tertiary/aromatic N) is 1. The van der Waals surface area contributed by atoms with Gasteiger partial charge in [-0.25, -0.2) is 0 Å². The van der Waals surface area contributed by atoms with Gasteiger partial charge >= 0.3 is 0 Å². The Labute approximate surface area is 132 Å². The van der Waals surface area contributed by atoms with Crippen molar-refractivity contribution in [3.63, 3.8) is 0 Å². The summed E-state index contributed by atoms with van der Waals surface area (Å²) in [5.41, 5.74) is 1.11. The third-order valence-electron chi connectivity index (χ3n) is 5.04. The van der Waals surface area contributed by atoms with E-state index in [1.165, 1.54) is 0 Å². The average Bonchev–Trinajstić information content (AvgIpc) is 3.05. The number of likely N-dealkylation sites (tertiary alicyclic amines) is 1. The monoisotopic (exact) mass is 306 g/mol. The quantitative estimate of drug-likeness (QED) is 0.905. The van der Waals surface area contributed by atoms with Crippen molar-refractivity contribution in [3.8, 4) is 0 Å². The summed E-state index contributed by atoms with van der Waals surface area (Å²) in [6.07, 6.45) is 6.56. The normalized spacial score (nSPS) is 28.4. The Balaban J connectivity index is 1.61. The number of aromatic nitrogens is 1. The Morgan fingerprint density at radius 1 is 1.59 bits per heavy atom. The highest BCUT2D eigenvalue weighted by Gasteiger charge is 2.46. The molecule has 0 aliphatic carbocycles. The molecule has 122 valence electrons. The number of hydrogen-bond donors (Lipinski definition) is 1. The van der Waals surface area contributed by atoms with Gasteiger partial charge in [-0.3, -0.25) is 4.79 Å². The molecule has 2 unspecified atom stereocenters. The first-order valence-corrected chi connectivity index (χ1v) is 8.24. The van der Waals surface area contributed by atoms with E-state index in [0.29, 0.717) is 13.0 Å². The van der Waals surface area contributed by atoms with Crippen molar-refractivity contribution in [3.05, 3.63) is 24.0 Å². The van der Waals surface area contributed by atoms with Crippen LogP contribution < -0.4 is 0 Å². The summed E-state index contributed by atoms with van der Waals surface area (Å²) in [4.78, 5) is 17.7. The minimum absolute atomic E-state index is 0.00661. The second-order valence-electron chi connectivity index (χ2n) is 6.56. The second kappa shape index (κ2) is 6.84. The lowest BCUT2D eigenvalue weighted by Crippen LogP contribution is -2.58. The molecule has 2 aliphatic heterocycles. The number of H-pyrrole nitrogens is 1. The van der Waals surface area contributed by atoms with Crippen LogP contribution in [0.5, 0.6) is 0 Å². The predicted molar refractivity (Wildman–Crippen MR) is 83.6 cm³/mol. The van der Waals surface area contributed by atoms with E-state index in [4.69, 9.17) is 9.47 Å². The van der Waals surface area contributed by atoms with E-state index >= 15 is 0 Å². The van der Waals surface area contributed by atoms with Crippen molar-refractivity contribution < 1.29 is 14.3 Å². The number of piperidine rings is 1. The maximum atomic E-state index is 12.5. The fourth-order valence-corrected chi connectivity index (χ4v) is 3.92. The first kappa shape index (κ1) is 15.6. The molecule has 1 aromatic rings. The van der Waals surface area contributed by atoms with E-state index in [1.54, 1.807) is 7.11 Å². The number of ether oxygens (including phenoxy) is 2. The molecule has 22 heavy (non-hydrogen) atoms. The van der Waals surface area contributed by atoms with Gasteiger partial charge in [0.05, 0.1) is 12.7 Å². The summed E-state index contributed by atoms with van der Waals surface area (Å²) in [5, 5.41) is 0. The van der Waals surface area contributed by atoms with Crippen LogP contribution in [0.1, 0.15) is 31.4 Å². The standard InChI is InChI=1S/C17H26N2O3/c1-21-13-17-8-3-11-22-15(17)7-10-19(12-17)16(20)6-5-14-4-2-9-18-14/h2,4,9,15,18H,3,5-8,10-13H2,1H3. The summed E-state index contributed by atoms with van der Waals surface area (Å²) < 4.78 is 11.4. The Morgan fingerprint density at radius 3 is 3.27 bits per heavy atom. The molecule has 1 aromatic heterocycles. The molecule has 5 heteroatoms. The molecule has 2 saturated heterocycles. The van der Waals surface area contributed by atoms with Crippen LogP contribution in [0.3, 0.4) is 0 Å². The third-order valence-corrected chi connectivity index (χ3v) is 5.04. The Kier molecular flexibility index (Phi) is 4.84. The van der Waals surface area contributed by atoms with Gasteiger partial charge in [-0.15, -0.1) is 0 Å². The summed E-state index contributed by atoms with van der Waals surface area (Å²) in [6, 6.07) is 4.00. The van der Waals surface area contributed by atoms with Gasteiger partial charge in [-0.2, -0.15) is 0 Å². The van der Waals surface area contributed by atoms with E-state index in [2.05, 4.69) is 4.98 Å². The van der Waals surface area contributed by atoms with E-state index in [-0.39, 0.29) is 17.4 Å². The zero-order valence-electron chi connectivity index (χ0n) is 13.3. The second-order valence-corrected chi connectivity index (χ2v) is 6.56. The van der Waals surface area contributed by atoms with Crippen LogP contribution in [0.15, 0.2) is 18.3 Å². The molecule has 0 radical (unpaired) electrons. The predicted octanol–water partition coefficient (Wildman–Crippen LogP) is 1.99. The zero-order chi connectivity index (χ0) is 15.4. The van der Waals surface area contributed by atoms with Gasteiger partial charge in [-0.1, -0.05) is 0 Å². The van der Waals surface area contributed by atoms with Crippen molar-refractivity contribution in [1.82, 2.24) is 9.88 Å². The summed E-state index contributed by atoms with van der Waals surface area (Å²) in [5.74, 6) is 0.245. The minimum Gasteiger partial charge on any atom is -0.384 e. The molecule has 3 rings (SSSR count). The maximum Gasteiger partial charge on any atom is 0.222 e. The fourth-order valence-electron chi connectivity index (χ4n) is 3.92. The molecule has 2 atom stereocenters. The smallest absolute Gasteiger partial charge is 0.222 e. The van der Waals surface area contributed by atoms with E-state index < -0.39 is 0 Å². The molecule has 0 saturated carbocycles. The number of methoxy groups -OCH3 is 1. The SMILES string of the molecule is COCC12CCCOC1CCN(C(=O)CCc1ccc[nH]1)C2. The summed E-state index contributed by atoms with van der Waals surface area (Å²) in [7, 11) is 1.74. The highest BCUT2D eigenvalue weighted by Crippen LogP contribution is 2.40. The number of carbonyl (C=O) groups is 1. The van der Waals surface area contributed by atoms with Crippen LogP contribution >= 0.6 is 0 Å². The number of nitrogens with one attached hydrogen (secondary N) is 1. The third kappa shape index (κ3) is 3.20. The fraction of sp³-hybridized carbons (Fsp3) is 0.706. The van der Waals surface area contributed by atoms with Crippen molar-refractivity contribution in [1.29, 1.82) is 0 Å². The van der Waals surface area contributed by atoms with Gasteiger partial charge in [0.25, 0.3) is 0 Å². The minimum atomic E-state index is -0.00661. The molecule has 1 amide bonds. The van der Waals surface area contributed by atoms with Crippen molar-refractivity contribution >= 4 is 5.91 Å². The molecular weight excluding hydrogens is 280 g/mol. The number of fused-ring (bicyclic) bond motifs is 1. The van der Waals surface area contributed by atoms with Crippen LogP contribution in [-0.4, -0.2) is 55.3 Å². The van der Waals surface area contributed by atoms with Gasteiger partial charge in [-0.05, 0) is 37.8 Å².